The predicted octanol–water partition coefficient (Wildman–Crippen LogP) is 3.23. The molecule has 2 atom stereocenters. The molecule has 0 aliphatic carbocycles. The van der Waals surface area contributed by atoms with Gasteiger partial charge in [-0.15, -0.1) is 10.2 Å². The van der Waals surface area contributed by atoms with Gasteiger partial charge in [-0.25, -0.2) is 15.2 Å². The second-order valence-electron chi connectivity index (χ2n) is 6.09. The Balaban J connectivity index is 1.47. The van der Waals surface area contributed by atoms with Gasteiger partial charge in [-0.3, -0.25) is 4.79 Å². The van der Waals surface area contributed by atoms with E-state index >= 15 is 0 Å². The zero-order valence-electron chi connectivity index (χ0n) is 13.6. The van der Waals surface area contributed by atoms with Crippen LogP contribution in [-0.4, -0.2) is 22.0 Å². The summed E-state index contributed by atoms with van der Waals surface area (Å²) in [5, 5.41) is 18.3. The molecule has 2 aromatic carbocycles. The number of aromatic hydroxyl groups is 1. The van der Waals surface area contributed by atoms with Crippen molar-refractivity contribution in [3.05, 3.63) is 59.9 Å². The van der Waals surface area contributed by atoms with Crippen LogP contribution in [0.1, 0.15) is 18.0 Å². The summed E-state index contributed by atoms with van der Waals surface area (Å²) >= 11 is 0. The summed E-state index contributed by atoms with van der Waals surface area (Å²) in [6.45, 7) is 0. The van der Waals surface area contributed by atoms with Crippen LogP contribution in [0.25, 0.3) is 10.9 Å². The quantitative estimate of drug-likeness (QED) is 0.543. The molecular formula is C18H16FN5O2. The molecule has 2 unspecified atom stereocenters. The van der Waals surface area contributed by atoms with Crippen molar-refractivity contribution in [1.82, 2.24) is 15.8 Å². The molecule has 8 heteroatoms. The number of azo groups is 1. The first-order chi connectivity index (χ1) is 12.6. The van der Waals surface area contributed by atoms with Crippen molar-refractivity contribution in [2.24, 2.45) is 10.2 Å². The first-order valence-corrected chi connectivity index (χ1v) is 8.13. The minimum absolute atomic E-state index is 0.124. The Morgan fingerprint density at radius 2 is 1.88 bits per heavy atom. The van der Waals surface area contributed by atoms with E-state index in [1.807, 2.05) is 12.1 Å². The van der Waals surface area contributed by atoms with Gasteiger partial charge >= 0.3 is 0 Å². The molecule has 3 aromatic rings. The van der Waals surface area contributed by atoms with E-state index in [9.17, 15) is 14.3 Å². The SMILES string of the molecule is O=C(N=Nc1c(O)[nH]c2ccccc12)C1CC(c2ccc(F)cc2)NN1. The first kappa shape index (κ1) is 16.4. The number of carbonyl (C=O) groups is 1. The molecule has 7 nitrogen and oxygen atoms in total. The summed E-state index contributed by atoms with van der Waals surface area (Å²) in [7, 11) is 0. The van der Waals surface area contributed by atoms with Crippen molar-refractivity contribution in [3.8, 4) is 5.88 Å². The zero-order chi connectivity index (χ0) is 18.1. The van der Waals surface area contributed by atoms with Crippen LogP contribution in [-0.2, 0) is 4.79 Å². The highest BCUT2D eigenvalue weighted by Crippen LogP contribution is 2.35. The molecule has 0 bridgehead atoms. The average Bonchev–Trinajstić information content (AvgIpc) is 3.25. The standard InChI is InChI=1S/C18H16FN5O2/c19-11-7-5-10(6-8-11)14-9-15(22-21-14)17(25)24-23-16-12-3-1-2-4-13(12)20-18(16)26/h1-8,14-15,20-22,26H,9H2. The molecule has 26 heavy (non-hydrogen) atoms. The fraction of sp³-hybridized carbons (Fsp3) is 0.167. The summed E-state index contributed by atoms with van der Waals surface area (Å²) in [6.07, 6.45) is 0.462. The maximum absolute atomic E-state index is 13.0. The lowest BCUT2D eigenvalue weighted by Crippen LogP contribution is -2.35. The number of nitrogens with zero attached hydrogens (tertiary/aromatic N) is 2. The van der Waals surface area contributed by atoms with Crippen LogP contribution in [0, 0.1) is 5.82 Å². The molecule has 1 saturated heterocycles. The summed E-state index contributed by atoms with van der Waals surface area (Å²) in [5.41, 5.74) is 7.71. The number of aromatic amines is 1. The predicted molar refractivity (Wildman–Crippen MR) is 93.3 cm³/mol. The van der Waals surface area contributed by atoms with Crippen molar-refractivity contribution in [2.75, 3.05) is 0 Å². The third-order valence-corrected chi connectivity index (χ3v) is 4.38. The molecule has 1 aliphatic rings. The van der Waals surface area contributed by atoms with Crippen LogP contribution < -0.4 is 10.9 Å². The number of halogens is 1. The van der Waals surface area contributed by atoms with E-state index in [-0.39, 0.29) is 23.4 Å². The molecule has 132 valence electrons. The van der Waals surface area contributed by atoms with Crippen LogP contribution in [0.5, 0.6) is 5.88 Å². The summed E-state index contributed by atoms with van der Waals surface area (Å²) < 4.78 is 13.0. The highest BCUT2D eigenvalue weighted by Gasteiger charge is 2.30. The van der Waals surface area contributed by atoms with Crippen LogP contribution in [0.3, 0.4) is 0 Å². The van der Waals surface area contributed by atoms with Crippen molar-refractivity contribution < 1.29 is 14.3 Å². The van der Waals surface area contributed by atoms with E-state index in [0.29, 0.717) is 17.3 Å². The molecule has 1 aromatic heterocycles. The number of nitrogens with one attached hydrogen (secondary N) is 3. The fourth-order valence-electron chi connectivity index (χ4n) is 3.01. The topological polar surface area (TPSA) is 102 Å². The third kappa shape index (κ3) is 3.07. The molecule has 2 heterocycles. The van der Waals surface area contributed by atoms with Crippen molar-refractivity contribution in [2.45, 2.75) is 18.5 Å². The van der Waals surface area contributed by atoms with Crippen molar-refractivity contribution in [3.63, 3.8) is 0 Å². The van der Waals surface area contributed by atoms with Gasteiger partial charge in [0.2, 0.25) is 5.88 Å². The zero-order valence-corrected chi connectivity index (χ0v) is 13.6. The number of amides is 1. The normalized spacial score (nSPS) is 20.2. The average molecular weight is 353 g/mol. The number of hydrazine groups is 1. The number of carbonyl (C=O) groups excluding carboxylic acids is 1. The number of H-pyrrole nitrogens is 1. The number of hydrogen-bond acceptors (Lipinski definition) is 5. The fourth-order valence-corrected chi connectivity index (χ4v) is 3.01. The van der Waals surface area contributed by atoms with Crippen LogP contribution >= 0.6 is 0 Å². The van der Waals surface area contributed by atoms with E-state index in [0.717, 1.165) is 5.56 Å². The maximum Gasteiger partial charge on any atom is 0.282 e. The van der Waals surface area contributed by atoms with Crippen LogP contribution in [0.15, 0.2) is 58.8 Å². The Hall–Kier alpha value is -3.10. The van der Waals surface area contributed by atoms with Gasteiger partial charge in [-0.1, -0.05) is 30.3 Å². The number of rotatable bonds is 3. The van der Waals surface area contributed by atoms with E-state index < -0.39 is 11.9 Å². The third-order valence-electron chi connectivity index (χ3n) is 4.38. The molecular weight excluding hydrogens is 337 g/mol. The maximum atomic E-state index is 13.0. The first-order valence-electron chi connectivity index (χ1n) is 8.13. The van der Waals surface area contributed by atoms with Gasteiger partial charge in [-0.05, 0) is 30.2 Å². The Labute approximate surface area is 147 Å². The number of fused-ring (bicyclic) bond motifs is 1. The van der Waals surface area contributed by atoms with Gasteiger partial charge in [0.15, 0.2) is 5.69 Å². The van der Waals surface area contributed by atoms with Gasteiger partial charge in [0.25, 0.3) is 5.91 Å². The molecule has 1 aliphatic heterocycles. The highest BCUT2D eigenvalue weighted by molar-refractivity contribution is 5.94. The van der Waals surface area contributed by atoms with Crippen LogP contribution in [0.4, 0.5) is 10.1 Å². The highest BCUT2D eigenvalue weighted by atomic mass is 19.1. The lowest BCUT2D eigenvalue weighted by molar-refractivity contribution is -0.120. The monoisotopic (exact) mass is 353 g/mol. The molecule has 0 radical (unpaired) electrons. The van der Waals surface area contributed by atoms with Gasteiger partial charge < -0.3 is 10.1 Å². The van der Waals surface area contributed by atoms with Gasteiger partial charge in [-0.2, -0.15) is 0 Å². The largest absolute Gasteiger partial charge is 0.493 e. The van der Waals surface area contributed by atoms with Gasteiger partial charge in [0.05, 0.1) is 5.52 Å². The smallest absolute Gasteiger partial charge is 0.282 e. The number of hydrogen-bond donors (Lipinski definition) is 4. The lowest BCUT2D eigenvalue weighted by Gasteiger charge is -2.08. The Bertz CT molecular complexity index is 983. The number of aromatic nitrogens is 1. The van der Waals surface area contributed by atoms with E-state index in [2.05, 4.69) is 26.1 Å². The lowest BCUT2D eigenvalue weighted by atomic mass is 10.0. The molecule has 1 amide bonds. The van der Waals surface area contributed by atoms with Crippen LogP contribution in [0.2, 0.25) is 0 Å². The van der Waals surface area contributed by atoms with Gasteiger partial charge in [0.1, 0.15) is 11.9 Å². The number of benzene rings is 2. The second kappa shape index (κ2) is 6.66. The minimum atomic E-state index is -0.554. The van der Waals surface area contributed by atoms with E-state index in [1.165, 1.54) is 12.1 Å². The van der Waals surface area contributed by atoms with E-state index in [4.69, 9.17) is 0 Å². The Kier molecular flexibility index (Phi) is 4.19. The molecule has 0 spiro atoms. The number of para-hydroxylation sites is 1. The second-order valence-corrected chi connectivity index (χ2v) is 6.09. The summed E-state index contributed by atoms with van der Waals surface area (Å²) in [6, 6.07) is 12.6. The summed E-state index contributed by atoms with van der Waals surface area (Å²) in [4.78, 5) is 15.1. The molecule has 1 fully saturated rings. The van der Waals surface area contributed by atoms with Crippen molar-refractivity contribution >= 4 is 22.5 Å². The van der Waals surface area contributed by atoms with E-state index in [1.54, 1.807) is 24.3 Å². The minimum Gasteiger partial charge on any atom is -0.493 e. The Morgan fingerprint density at radius 3 is 2.69 bits per heavy atom. The van der Waals surface area contributed by atoms with Gasteiger partial charge in [0, 0.05) is 11.4 Å². The summed E-state index contributed by atoms with van der Waals surface area (Å²) in [5.74, 6) is -0.893. The molecule has 4 N–H and O–H groups in total. The Morgan fingerprint density at radius 1 is 1.12 bits per heavy atom. The molecule has 4 rings (SSSR count). The molecule has 0 saturated carbocycles. The van der Waals surface area contributed by atoms with Crippen molar-refractivity contribution in [1.29, 1.82) is 0 Å².